The Balaban J connectivity index is 1.50. The molecule has 1 fully saturated rings. The van der Waals surface area contributed by atoms with Gasteiger partial charge < -0.3 is 4.74 Å². The minimum absolute atomic E-state index is 0.169. The summed E-state index contributed by atoms with van der Waals surface area (Å²) in [6, 6.07) is 13.9. The third-order valence-corrected chi connectivity index (χ3v) is 8.40. The van der Waals surface area contributed by atoms with Gasteiger partial charge in [-0.05, 0) is 46.9 Å². The molecule has 2 aromatic carbocycles. The number of alkyl halides is 2. The van der Waals surface area contributed by atoms with E-state index < -0.39 is 22.8 Å². The first kappa shape index (κ1) is 22.4. The third-order valence-electron chi connectivity index (χ3n) is 5.81. The summed E-state index contributed by atoms with van der Waals surface area (Å²) >= 11 is 1.17. The predicted molar refractivity (Wildman–Crippen MR) is 125 cm³/mol. The van der Waals surface area contributed by atoms with Crippen LogP contribution in [0.2, 0.25) is 0 Å². The standard InChI is InChI=1S/C22H17F2N5O3S2/c1-28-20-6-13(3-5-19(20)29(34(28,30)31)11-15-8-22(15,23)24)18-7-17(4-2-14(18)9-25)32-21-27-16(10-26)12-33-21/h2-7,12,15,30-31H,8,11H2,1H3. The first-order valence-electron chi connectivity index (χ1n) is 10.0. The Hall–Kier alpha value is -3.42. The number of ether oxygens (including phenoxy) is 1. The molecule has 174 valence electrons. The van der Waals surface area contributed by atoms with Gasteiger partial charge in [-0.3, -0.25) is 17.7 Å². The Kier molecular flexibility index (Phi) is 5.15. The summed E-state index contributed by atoms with van der Waals surface area (Å²) < 4.78 is 56.7. The molecule has 1 saturated carbocycles. The zero-order valence-corrected chi connectivity index (χ0v) is 19.3. The lowest BCUT2D eigenvalue weighted by Gasteiger charge is -2.42. The number of aromatic nitrogens is 1. The van der Waals surface area contributed by atoms with Crippen molar-refractivity contribution >= 4 is 33.7 Å². The van der Waals surface area contributed by atoms with Gasteiger partial charge in [0.05, 0.1) is 23.0 Å². The van der Waals surface area contributed by atoms with E-state index in [0.717, 1.165) is 0 Å². The topological polar surface area (TPSA) is 117 Å². The predicted octanol–water partition coefficient (Wildman–Crippen LogP) is 5.84. The molecular weight excluding hydrogens is 484 g/mol. The van der Waals surface area contributed by atoms with Gasteiger partial charge in [0, 0.05) is 36.9 Å². The zero-order valence-electron chi connectivity index (χ0n) is 17.6. The molecular formula is C22H17F2N5O3S2. The van der Waals surface area contributed by atoms with Crippen LogP contribution < -0.4 is 13.3 Å². The zero-order chi connectivity index (χ0) is 24.3. The summed E-state index contributed by atoms with van der Waals surface area (Å²) in [6.45, 7) is -0.169. The second-order valence-electron chi connectivity index (χ2n) is 7.95. The quantitative estimate of drug-likeness (QED) is 0.448. The van der Waals surface area contributed by atoms with E-state index in [1.807, 2.05) is 6.07 Å². The van der Waals surface area contributed by atoms with Crippen molar-refractivity contribution in [1.29, 1.82) is 10.5 Å². The SMILES string of the molecule is CN1c2cc(-c3cc(Oc4nc(C#N)cs4)ccc3C#N)ccc2N(CC2CC2(F)F)S1(O)O. The van der Waals surface area contributed by atoms with Crippen molar-refractivity contribution in [2.75, 3.05) is 22.2 Å². The Morgan fingerprint density at radius 1 is 1.21 bits per heavy atom. The summed E-state index contributed by atoms with van der Waals surface area (Å²) in [5.41, 5.74) is 2.64. The van der Waals surface area contributed by atoms with Gasteiger partial charge in [0.2, 0.25) is 0 Å². The van der Waals surface area contributed by atoms with Crippen LogP contribution in [0.15, 0.2) is 41.8 Å². The number of fused-ring (bicyclic) bond motifs is 1. The van der Waals surface area contributed by atoms with Crippen molar-refractivity contribution in [3.05, 3.63) is 53.0 Å². The van der Waals surface area contributed by atoms with Crippen LogP contribution in [0.3, 0.4) is 0 Å². The first-order chi connectivity index (χ1) is 16.1. The van der Waals surface area contributed by atoms with Gasteiger partial charge in [-0.25, -0.2) is 8.78 Å². The molecule has 0 bridgehead atoms. The Morgan fingerprint density at radius 2 is 1.97 bits per heavy atom. The molecule has 1 aromatic heterocycles. The molecule has 0 saturated heterocycles. The van der Waals surface area contributed by atoms with Crippen LogP contribution in [0.5, 0.6) is 10.9 Å². The number of halogens is 2. The summed E-state index contributed by atoms with van der Waals surface area (Å²) in [6.07, 6.45) is -0.274. The van der Waals surface area contributed by atoms with Crippen LogP contribution in [-0.4, -0.2) is 33.6 Å². The van der Waals surface area contributed by atoms with Crippen molar-refractivity contribution in [2.24, 2.45) is 5.92 Å². The molecule has 34 heavy (non-hydrogen) atoms. The van der Waals surface area contributed by atoms with Crippen LogP contribution in [0, 0.1) is 28.6 Å². The molecule has 1 aliphatic carbocycles. The lowest BCUT2D eigenvalue weighted by molar-refractivity contribution is 0.101. The fraction of sp³-hybridized carbons (Fsp3) is 0.227. The summed E-state index contributed by atoms with van der Waals surface area (Å²) in [7, 11) is -1.99. The average Bonchev–Trinajstić information content (AvgIpc) is 3.12. The van der Waals surface area contributed by atoms with Crippen molar-refractivity contribution < 1.29 is 22.6 Å². The van der Waals surface area contributed by atoms with Gasteiger partial charge in [0.15, 0.2) is 5.69 Å². The number of thiazole rings is 1. The summed E-state index contributed by atoms with van der Waals surface area (Å²) in [4.78, 5) is 4.04. The highest BCUT2D eigenvalue weighted by Gasteiger charge is 2.59. The van der Waals surface area contributed by atoms with Crippen LogP contribution in [0.1, 0.15) is 17.7 Å². The van der Waals surface area contributed by atoms with Crippen LogP contribution in [0.25, 0.3) is 11.1 Å². The van der Waals surface area contributed by atoms with Gasteiger partial charge in [0.1, 0.15) is 11.8 Å². The monoisotopic (exact) mass is 501 g/mol. The van der Waals surface area contributed by atoms with E-state index in [1.54, 1.807) is 41.8 Å². The maximum atomic E-state index is 13.5. The van der Waals surface area contributed by atoms with E-state index >= 15 is 0 Å². The van der Waals surface area contributed by atoms with Crippen LogP contribution in [0.4, 0.5) is 20.2 Å². The Bertz CT molecular complexity index is 1380. The molecule has 2 heterocycles. The second-order valence-corrected chi connectivity index (χ2v) is 10.7. The maximum absolute atomic E-state index is 13.5. The van der Waals surface area contributed by atoms with E-state index in [2.05, 4.69) is 11.1 Å². The molecule has 0 amide bonds. The third kappa shape index (κ3) is 3.71. The molecule has 2 N–H and O–H groups in total. The largest absolute Gasteiger partial charge is 0.431 e. The molecule has 1 aliphatic heterocycles. The van der Waals surface area contributed by atoms with Crippen LogP contribution in [-0.2, 0) is 0 Å². The Morgan fingerprint density at radius 3 is 2.62 bits per heavy atom. The van der Waals surface area contributed by atoms with Crippen LogP contribution >= 0.6 is 22.3 Å². The number of nitrogens with zero attached hydrogens (tertiary/aromatic N) is 5. The van der Waals surface area contributed by atoms with Gasteiger partial charge in [-0.2, -0.15) is 15.5 Å². The van der Waals surface area contributed by atoms with Crippen molar-refractivity contribution in [2.45, 2.75) is 12.3 Å². The molecule has 0 spiro atoms. The lowest BCUT2D eigenvalue weighted by atomic mass is 9.99. The van der Waals surface area contributed by atoms with E-state index in [4.69, 9.17) is 10.00 Å². The minimum atomic E-state index is -3.48. The van der Waals surface area contributed by atoms with Crippen molar-refractivity contribution in [1.82, 2.24) is 4.98 Å². The van der Waals surface area contributed by atoms with E-state index in [1.165, 1.54) is 27.0 Å². The number of hydrogen-bond donors (Lipinski definition) is 2. The van der Waals surface area contributed by atoms with Crippen molar-refractivity contribution in [3.63, 3.8) is 0 Å². The normalized spacial score (nSPS) is 20.3. The van der Waals surface area contributed by atoms with Gasteiger partial charge in [-0.15, -0.1) is 0 Å². The van der Waals surface area contributed by atoms with E-state index in [9.17, 15) is 23.1 Å². The lowest BCUT2D eigenvalue weighted by Crippen LogP contribution is -2.33. The fourth-order valence-corrected chi connectivity index (χ4v) is 5.93. The number of nitriles is 2. The van der Waals surface area contributed by atoms with Gasteiger partial charge >= 0.3 is 0 Å². The maximum Gasteiger partial charge on any atom is 0.279 e. The minimum Gasteiger partial charge on any atom is -0.431 e. The Labute approximate surface area is 199 Å². The molecule has 0 radical (unpaired) electrons. The second kappa shape index (κ2) is 7.82. The molecule has 2 aliphatic rings. The molecule has 3 aromatic rings. The highest BCUT2D eigenvalue weighted by atomic mass is 32.3. The summed E-state index contributed by atoms with van der Waals surface area (Å²) in [5.74, 6) is -3.31. The fourth-order valence-electron chi connectivity index (χ4n) is 3.81. The van der Waals surface area contributed by atoms with E-state index in [0.29, 0.717) is 33.8 Å². The highest BCUT2D eigenvalue weighted by molar-refractivity contribution is 8.26. The molecule has 12 heteroatoms. The van der Waals surface area contributed by atoms with Gasteiger partial charge in [-0.1, -0.05) is 17.4 Å². The number of rotatable bonds is 5. The van der Waals surface area contributed by atoms with Crippen molar-refractivity contribution in [3.8, 4) is 34.2 Å². The number of anilines is 2. The molecule has 1 atom stereocenters. The smallest absolute Gasteiger partial charge is 0.279 e. The number of benzene rings is 2. The summed E-state index contributed by atoms with van der Waals surface area (Å²) in [5, 5.41) is 20.4. The molecule has 1 unspecified atom stereocenters. The first-order valence-corrected chi connectivity index (χ1v) is 12.4. The number of hydrogen-bond acceptors (Lipinski definition) is 9. The molecule has 8 nitrogen and oxygen atoms in total. The van der Waals surface area contributed by atoms with Gasteiger partial charge in [0.25, 0.3) is 11.1 Å². The molecule has 5 rings (SSSR count). The average molecular weight is 502 g/mol. The highest BCUT2D eigenvalue weighted by Crippen LogP contribution is 2.63. The van der Waals surface area contributed by atoms with E-state index in [-0.39, 0.29) is 23.9 Å².